The van der Waals surface area contributed by atoms with E-state index in [0.717, 1.165) is 15.9 Å². The van der Waals surface area contributed by atoms with E-state index in [9.17, 15) is 4.79 Å². The number of carbonyl (C=O) groups is 1. The molecule has 2 rings (SSSR count). The second-order valence-electron chi connectivity index (χ2n) is 5.59. The van der Waals surface area contributed by atoms with Crippen LogP contribution in [-0.2, 0) is 7.05 Å². The highest BCUT2D eigenvalue weighted by atomic mass is 32.1. The molecule has 1 amide bonds. The second kappa shape index (κ2) is 7.21. The third kappa shape index (κ3) is 3.31. The van der Waals surface area contributed by atoms with Gasteiger partial charge in [-0.05, 0) is 18.4 Å². The summed E-state index contributed by atoms with van der Waals surface area (Å²) in [4.78, 5) is 15.8. The number of aryl methyl sites for hydroxylation is 1. The van der Waals surface area contributed by atoms with E-state index in [4.69, 9.17) is 10.2 Å². The Kier molecular flexibility index (Phi) is 5.55. The van der Waals surface area contributed by atoms with Crippen LogP contribution in [0.4, 0.5) is 0 Å². The highest BCUT2D eigenvalue weighted by Gasteiger charge is 2.21. The molecule has 2 aromatic heterocycles. The lowest BCUT2D eigenvalue weighted by Gasteiger charge is -2.20. The molecule has 0 fully saturated rings. The topological polar surface area (TPSA) is 78.6 Å². The average molecular weight is 325 g/mol. The van der Waals surface area contributed by atoms with Crippen LogP contribution in [0.25, 0.3) is 10.2 Å². The summed E-state index contributed by atoms with van der Waals surface area (Å²) in [6, 6.07) is 1.90. The molecule has 6 nitrogen and oxygen atoms in total. The van der Waals surface area contributed by atoms with Gasteiger partial charge in [0.1, 0.15) is 4.83 Å². The van der Waals surface area contributed by atoms with Gasteiger partial charge in [0, 0.05) is 32.1 Å². The minimum absolute atomic E-state index is 0.0308. The Hall–Kier alpha value is -1.44. The third-order valence-corrected chi connectivity index (χ3v) is 4.73. The van der Waals surface area contributed by atoms with Crippen molar-refractivity contribution in [1.29, 1.82) is 0 Å². The Morgan fingerprint density at radius 1 is 1.36 bits per heavy atom. The van der Waals surface area contributed by atoms with E-state index in [1.54, 1.807) is 4.90 Å². The number of aliphatic hydroxyl groups is 2. The van der Waals surface area contributed by atoms with Gasteiger partial charge in [-0.15, -0.1) is 11.3 Å². The highest BCUT2D eigenvalue weighted by Crippen LogP contribution is 2.32. The van der Waals surface area contributed by atoms with Crippen LogP contribution in [0.5, 0.6) is 0 Å². The van der Waals surface area contributed by atoms with Crippen molar-refractivity contribution in [1.82, 2.24) is 14.7 Å². The minimum atomic E-state index is -0.0987. The van der Waals surface area contributed by atoms with Crippen LogP contribution in [0.3, 0.4) is 0 Å². The number of thiophene rings is 1. The van der Waals surface area contributed by atoms with Crippen LogP contribution in [0.15, 0.2) is 6.07 Å². The SMILES string of the molecule is CC(C)c1nn(C)c2sc(C(=O)N(CCO)CCCO)cc12. The maximum absolute atomic E-state index is 12.6. The number of carbonyl (C=O) groups excluding carboxylic acids is 1. The summed E-state index contributed by atoms with van der Waals surface area (Å²) in [5.74, 6) is 0.197. The summed E-state index contributed by atoms with van der Waals surface area (Å²) in [6.07, 6.45) is 0.509. The first-order chi connectivity index (χ1) is 10.5. The lowest BCUT2D eigenvalue weighted by atomic mass is 10.1. The third-order valence-electron chi connectivity index (χ3n) is 3.54. The smallest absolute Gasteiger partial charge is 0.264 e. The molecule has 0 aliphatic rings. The van der Waals surface area contributed by atoms with Crippen LogP contribution < -0.4 is 0 Å². The fourth-order valence-corrected chi connectivity index (χ4v) is 3.50. The van der Waals surface area contributed by atoms with Crippen molar-refractivity contribution in [3.8, 4) is 0 Å². The molecule has 2 aromatic rings. The number of hydrogen-bond acceptors (Lipinski definition) is 5. The number of hydrogen-bond donors (Lipinski definition) is 2. The van der Waals surface area contributed by atoms with E-state index in [1.165, 1.54) is 11.3 Å². The summed E-state index contributed by atoms with van der Waals surface area (Å²) in [5, 5.41) is 23.6. The van der Waals surface area contributed by atoms with Gasteiger partial charge in [-0.3, -0.25) is 9.48 Å². The van der Waals surface area contributed by atoms with E-state index < -0.39 is 0 Å². The van der Waals surface area contributed by atoms with Crippen LogP contribution >= 0.6 is 11.3 Å². The van der Waals surface area contributed by atoms with E-state index in [2.05, 4.69) is 18.9 Å². The van der Waals surface area contributed by atoms with Crippen molar-refractivity contribution in [2.24, 2.45) is 7.05 Å². The van der Waals surface area contributed by atoms with E-state index >= 15 is 0 Å². The summed E-state index contributed by atoms with van der Waals surface area (Å²) in [5.41, 5.74) is 0.997. The number of aliphatic hydroxyl groups excluding tert-OH is 2. The Morgan fingerprint density at radius 3 is 2.68 bits per heavy atom. The molecule has 0 saturated carbocycles. The Morgan fingerprint density at radius 2 is 2.09 bits per heavy atom. The molecule has 2 N–H and O–H groups in total. The Balaban J connectivity index is 2.32. The van der Waals surface area contributed by atoms with Crippen molar-refractivity contribution < 1.29 is 15.0 Å². The van der Waals surface area contributed by atoms with Gasteiger partial charge >= 0.3 is 0 Å². The highest BCUT2D eigenvalue weighted by molar-refractivity contribution is 7.20. The zero-order valence-corrected chi connectivity index (χ0v) is 14.1. The van der Waals surface area contributed by atoms with E-state index in [1.807, 2.05) is 17.8 Å². The van der Waals surface area contributed by atoms with Gasteiger partial charge in [-0.25, -0.2) is 0 Å². The molecule has 0 radical (unpaired) electrons. The molecule has 0 aliphatic carbocycles. The molecule has 2 heterocycles. The van der Waals surface area contributed by atoms with Crippen LogP contribution in [-0.4, -0.2) is 57.1 Å². The van der Waals surface area contributed by atoms with Crippen molar-refractivity contribution in [2.75, 3.05) is 26.3 Å². The van der Waals surface area contributed by atoms with Crippen molar-refractivity contribution in [2.45, 2.75) is 26.2 Å². The standard InChI is InChI=1S/C15H23N3O3S/c1-10(2)13-11-9-12(22-15(11)17(3)16-13)14(21)18(6-8-20)5-4-7-19/h9-10,19-20H,4-8H2,1-3H3. The predicted octanol–water partition coefficient (Wildman–Crippen LogP) is 1.58. The Labute approximate surface area is 134 Å². The molecule has 7 heteroatoms. The maximum atomic E-state index is 12.6. The molecule has 0 aromatic carbocycles. The molecule has 0 aliphatic heterocycles. The van der Waals surface area contributed by atoms with Crippen molar-refractivity contribution in [3.05, 3.63) is 16.6 Å². The zero-order chi connectivity index (χ0) is 16.3. The molecule has 0 atom stereocenters. The van der Waals surface area contributed by atoms with Gasteiger partial charge < -0.3 is 15.1 Å². The number of aromatic nitrogens is 2. The average Bonchev–Trinajstić information content (AvgIpc) is 3.03. The predicted molar refractivity (Wildman–Crippen MR) is 87.4 cm³/mol. The van der Waals surface area contributed by atoms with Gasteiger partial charge in [-0.1, -0.05) is 13.8 Å². The first-order valence-corrected chi connectivity index (χ1v) is 8.28. The molecule has 22 heavy (non-hydrogen) atoms. The first kappa shape index (κ1) is 16.9. The normalized spacial score (nSPS) is 11.5. The number of rotatable bonds is 7. The molecule has 0 bridgehead atoms. The van der Waals surface area contributed by atoms with Crippen molar-refractivity contribution >= 4 is 27.5 Å². The van der Waals surface area contributed by atoms with E-state index in [0.29, 0.717) is 23.8 Å². The fraction of sp³-hybridized carbons (Fsp3) is 0.600. The quantitative estimate of drug-likeness (QED) is 0.810. The fourth-order valence-electron chi connectivity index (χ4n) is 2.45. The van der Waals surface area contributed by atoms with E-state index in [-0.39, 0.29) is 25.7 Å². The summed E-state index contributed by atoms with van der Waals surface area (Å²) in [7, 11) is 1.89. The maximum Gasteiger partial charge on any atom is 0.264 e. The first-order valence-electron chi connectivity index (χ1n) is 7.47. The van der Waals surface area contributed by atoms with Gasteiger partial charge in [0.15, 0.2) is 0 Å². The molecule has 0 spiro atoms. The Bertz CT molecular complexity index is 648. The van der Waals surface area contributed by atoms with Gasteiger partial charge in [0.2, 0.25) is 0 Å². The molecule has 0 unspecified atom stereocenters. The molecule has 0 saturated heterocycles. The molecule has 122 valence electrons. The zero-order valence-electron chi connectivity index (χ0n) is 13.2. The minimum Gasteiger partial charge on any atom is -0.396 e. The lowest BCUT2D eigenvalue weighted by Crippen LogP contribution is -2.34. The molecular formula is C15H23N3O3S. The molecular weight excluding hydrogens is 302 g/mol. The number of amides is 1. The largest absolute Gasteiger partial charge is 0.396 e. The number of nitrogens with zero attached hydrogens (tertiary/aromatic N) is 3. The lowest BCUT2D eigenvalue weighted by molar-refractivity contribution is 0.0715. The van der Waals surface area contributed by atoms with Gasteiger partial charge in [0.25, 0.3) is 5.91 Å². The van der Waals surface area contributed by atoms with Crippen molar-refractivity contribution in [3.63, 3.8) is 0 Å². The van der Waals surface area contributed by atoms with Crippen LogP contribution in [0, 0.1) is 0 Å². The summed E-state index contributed by atoms with van der Waals surface area (Å²) >= 11 is 1.42. The van der Waals surface area contributed by atoms with Crippen LogP contribution in [0.2, 0.25) is 0 Å². The van der Waals surface area contributed by atoms with Crippen LogP contribution in [0.1, 0.15) is 41.6 Å². The monoisotopic (exact) mass is 325 g/mol. The van der Waals surface area contributed by atoms with Gasteiger partial charge in [0.05, 0.1) is 17.2 Å². The second-order valence-corrected chi connectivity index (χ2v) is 6.62. The number of fused-ring (bicyclic) bond motifs is 1. The summed E-state index contributed by atoms with van der Waals surface area (Å²) < 4.78 is 1.82. The van der Waals surface area contributed by atoms with Gasteiger partial charge in [-0.2, -0.15) is 5.10 Å². The summed E-state index contributed by atoms with van der Waals surface area (Å²) in [6.45, 7) is 4.84.